The van der Waals surface area contributed by atoms with E-state index in [1.165, 1.54) is 5.56 Å². The smallest absolute Gasteiger partial charge is 0.120 e. The molecule has 0 saturated carbocycles. The zero-order valence-corrected chi connectivity index (χ0v) is 13.6. The van der Waals surface area contributed by atoms with E-state index >= 15 is 0 Å². The maximum atomic E-state index is 6.36. The van der Waals surface area contributed by atoms with E-state index in [1.54, 1.807) is 0 Å². The van der Waals surface area contributed by atoms with Crippen molar-refractivity contribution >= 4 is 15.9 Å². The summed E-state index contributed by atoms with van der Waals surface area (Å²) < 4.78 is 6.80. The largest absolute Gasteiger partial charge is 0.491 e. The lowest BCUT2D eigenvalue weighted by atomic mass is 9.98. The van der Waals surface area contributed by atoms with Gasteiger partial charge in [0.25, 0.3) is 0 Å². The molecule has 20 heavy (non-hydrogen) atoms. The highest BCUT2D eigenvalue weighted by Crippen LogP contribution is 2.27. The van der Waals surface area contributed by atoms with Crippen LogP contribution < -0.4 is 10.5 Å². The van der Waals surface area contributed by atoms with Gasteiger partial charge in [0.15, 0.2) is 0 Å². The highest BCUT2D eigenvalue weighted by molar-refractivity contribution is 9.10. The fraction of sp³-hybridized carbons (Fsp3) is 0.294. The number of ether oxygens (including phenoxy) is 1. The van der Waals surface area contributed by atoms with Gasteiger partial charge in [-0.3, -0.25) is 0 Å². The van der Waals surface area contributed by atoms with Crippen molar-refractivity contribution in [3.8, 4) is 5.75 Å². The molecule has 0 bridgehead atoms. The van der Waals surface area contributed by atoms with E-state index in [-0.39, 0.29) is 12.1 Å². The van der Waals surface area contributed by atoms with Crippen LogP contribution in [0.15, 0.2) is 46.9 Å². The van der Waals surface area contributed by atoms with Crippen LogP contribution in [0, 0.1) is 6.92 Å². The average Bonchev–Trinajstić information content (AvgIpc) is 2.40. The Hall–Kier alpha value is -1.32. The molecular formula is C17H20BrNO. The first-order chi connectivity index (χ1) is 9.47. The van der Waals surface area contributed by atoms with E-state index in [4.69, 9.17) is 10.5 Å². The van der Waals surface area contributed by atoms with E-state index < -0.39 is 0 Å². The molecular weight excluding hydrogens is 314 g/mol. The number of nitrogens with two attached hydrogens (primary N) is 1. The molecule has 2 aromatic carbocycles. The van der Waals surface area contributed by atoms with Gasteiger partial charge in [-0.25, -0.2) is 0 Å². The van der Waals surface area contributed by atoms with Gasteiger partial charge in [-0.15, -0.1) is 0 Å². The topological polar surface area (TPSA) is 35.2 Å². The minimum absolute atomic E-state index is 0.150. The molecule has 2 nitrogen and oxygen atoms in total. The second kappa shape index (κ2) is 6.42. The van der Waals surface area contributed by atoms with Crippen molar-refractivity contribution in [3.63, 3.8) is 0 Å². The second-order valence-electron chi connectivity index (χ2n) is 5.23. The van der Waals surface area contributed by atoms with Gasteiger partial charge in [-0.2, -0.15) is 0 Å². The molecule has 0 amide bonds. The molecule has 1 unspecified atom stereocenters. The number of hydrogen-bond acceptors (Lipinski definition) is 2. The van der Waals surface area contributed by atoms with Gasteiger partial charge >= 0.3 is 0 Å². The lowest BCUT2D eigenvalue weighted by Crippen LogP contribution is -2.12. The summed E-state index contributed by atoms with van der Waals surface area (Å²) in [5, 5.41) is 0. The van der Waals surface area contributed by atoms with Gasteiger partial charge < -0.3 is 10.5 Å². The number of benzene rings is 2. The maximum absolute atomic E-state index is 6.36. The number of halogens is 1. The highest BCUT2D eigenvalue weighted by Gasteiger charge is 2.11. The van der Waals surface area contributed by atoms with Crippen LogP contribution in [0.2, 0.25) is 0 Å². The summed E-state index contributed by atoms with van der Waals surface area (Å²) in [4.78, 5) is 0. The summed E-state index contributed by atoms with van der Waals surface area (Å²) in [7, 11) is 0. The Kier molecular flexibility index (Phi) is 4.84. The van der Waals surface area contributed by atoms with Crippen molar-refractivity contribution in [2.24, 2.45) is 5.73 Å². The van der Waals surface area contributed by atoms with Gasteiger partial charge in [0.1, 0.15) is 5.75 Å². The first-order valence-electron chi connectivity index (χ1n) is 6.75. The molecule has 0 radical (unpaired) electrons. The van der Waals surface area contributed by atoms with Crippen molar-refractivity contribution in [2.75, 3.05) is 0 Å². The zero-order valence-electron chi connectivity index (χ0n) is 12.1. The normalized spacial score (nSPS) is 12.5. The molecule has 1 atom stereocenters. The van der Waals surface area contributed by atoms with Gasteiger partial charge in [0.2, 0.25) is 0 Å². The summed E-state index contributed by atoms with van der Waals surface area (Å²) >= 11 is 3.55. The highest BCUT2D eigenvalue weighted by atomic mass is 79.9. The van der Waals surface area contributed by atoms with Crippen LogP contribution in [0.5, 0.6) is 5.75 Å². The van der Waals surface area contributed by atoms with Gasteiger partial charge in [-0.1, -0.05) is 40.2 Å². The van der Waals surface area contributed by atoms with Gasteiger partial charge in [0.05, 0.1) is 12.1 Å². The fourth-order valence-electron chi connectivity index (χ4n) is 2.05. The molecule has 0 aliphatic rings. The predicted molar refractivity (Wildman–Crippen MR) is 87.1 cm³/mol. The first kappa shape index (κ1) is 15.1. The van der Waals surface area contributed by atoms with Crippen LogP contribution in [-0.4, -0.2) is 6.10 Å². The molecule has 0 spiro atoms. The van der Waals surface area contributed by atoms with Crippen LogP contribution in [-0.2, 0) is 0 Å². The van der Waals surface area contributed by atoms with E-state index in [0.717, 1.165) is 21.3 Å². The Morgan fingerprint density at radius 1 is 1.05 bits per heavy atom. The van der Waals surface area contributed by atoms with Crippen LogP contribution in [0.3, 0.4) is 0 Å². The van der Waals surface area contributed by atoms with E-state index in [0.29, 0.717) is 0 Å². The van der Waals surface area contributed by atoms with E-state index in [9.17, 15) is 0 Å². The zero-order chi connectivity index (χ0) is 14.7. The van der Waals surface area contributed by atoms with Crippen molar-refractivity contribution in [1.29, 1.82) is 0 Å². The monoisotopic (exact) mass is 333 g/mol. The van der Waals surface area contributed by atoms with Crippen LogP contribution in [0.25, 0.3) is 0 Å². The second-order valence-corrected chi connectivity index (χ2v) is 6.08. The van der Waals surface area contributed by atoms with Gasteiger partial charge in [0, 0.05) is 4.47 Å². The van der Waals surface area contributed by atoms with E-state index in [2.05, 4.69) is 41.1 Å². The third kappa shape index (κ3) is 3.62. The molecule has 0 saturated heterocycles. The molecule has 2 aromatic rings. The Labute approximate surface area is 129 Å². The van der Waals surface area contributed by atoms with Crippen LogP contribution >= 0.6 is 15.9 Å². The molecule has 0 heterocycles. The Balaban J connectivity index is 2.28. The van der Waals surface area contributed by atoms with Crippen molar-refractivity contribution < 1.29 is 4.74 Å². The molecule has 0 aliphatic heterocycles. The van der Waals surface area contributed by atoms with Crippen LogP contribution in [0.4, 0.5) is 0 Å². The Morgan fingerprint density at radius 2 is 1.75 bits per heavy atom. The molecule has 0 aromatic heterocycles. The van der Waals surface area contributed by atoms with Gasteiger partial charge in [-0.05, 0) is 55.7 Å². The predicted octanol–water partition coefficient (Wildman–Crippen LogP) is 4.59. The Morgan fingerprint density at radius 3 is 2.40 bits per heavy atom. The minimum Gasteiger partial charge on any atom is -0.491 e. The minimum atomic E-state index is -0.150. The lowest BCUT2D eigenvalue weighted by molar-refractivity contribution is 0.242. The third-order valence-electron chi connectivity index (χ3n) is 3.14. The summed E-state index contributed by atoms with van der Waals surface area (Å²) in [5.41, 5.74) is 9.71. The maximum Gasteiger partial charge on any atom is 0.120 e. The first-order valence-corrected chi connectivity index (χ1v) is 7.55. The molecule has 2 N–H and O–H groups in total. The summed E-state index contributed by atoms with van der Waals surface area (Å²) in [6.45, 7) is 6.10. The fourth-order valence-corrected chi connectivity index (χ4v) is 2.44. The molecule has 3 heteroatoms. The number of rotatable bonds is 4. The SMILES string of the molecule is Cc1ccc(C(N)c2cccc(OC(C)C)c2)cc1Br. The van der Waals surface area contributed by atoms with Crippen molar-refractivity contribution in [3.05, 3.63) is 63.6 Å². The van der Waals surface area contributed by atoms with Crippen molar-refractivity contribution in [2.45, 2.75) is 32.9 Å². The molecule has 2 rings (SSSR count). The average molecular weight is 334 g/mol. The quantitative estimate of drug-likeness (QED) is 0.887. The third-order valence-corrected chi connectivity index (χ3v) is 4.00. The Bertz CT molecular complexity index is 595. The van der Waals surface area contributed by atoms with Crippen LogP contribution in [0.1, 0.15) is 36.6 Å². The standard InChI is InChI=1S/C17H20BrNO/c1-11(2)20-15-6-4-5-13(9-15)17(19)14-8-7-12(3)16(18)10-14/h4-11,17H,19H2,1-3H3. The lowest BCUT2D eigenvalue weighted by Gasteiger charge is -2.16. The molecule has 0 aliphatic carbocycles. The molecule has 106 valence electrons. The van der Waals surface area contributed by atoms with E-state index in [1.807, 2.05) is 38.1 Å². The summed E-state index contributed by atoms with van der Waals surface area (Å²) in [6, 6.07) is 14.1. The van der Waals surface area contributed by atoms with Crippen molar-refractivity contribution in [1.82, 2.24) is 0 Å². The summed E-state index contributed by atoms with van der Waals surface area (Å²) in [6.07, 6.45) is 0.162. The molecule has 0 fully saturated rings. The number of hydrogen-bond donors (Lipinski definition) is 1. The number of aryl methyl sites for hydroxylation is 1. The summed E-state index contributed by atoms with van der Waals surface area (Å²) in [5.74, 6) is 0.860.